The predicted octanol–water partition coefficient (Wildman–Crippen LogP) is 5.10. The van der Waals surface area contributed by atoms with Crippen LogP contribution in [0, 0.1) is 0 Å². The number of hydrogen-bond acceptors (Lipinski definition) is 6. The predicted molar refractivity (Wildman–Crippen MR) is 130 cm³/mol. The lowest BCUT2D eigenvalue weighted by atomic mass is 10.1. The average molecular weight is 517 g/mol. The highest BCUT2D eigenvalue weighted by atomic mass is 79.9. The molecule has 0 radical (unpaired) electrons. The largest absolute Gasteiger partial charge is 0.495 e. The van der Waals surface area contributed by atoms with E-state index in [1.54, 1.807) is 30.3 Å². The molecule has 1 aliphatic heterocycles. The molecule has 0 spiro atoms. The molecule has 4 rings (SSSR count). The van der Waals surface area contributed by atoms with Crippen LogP contribution in [0.2, 0.25) is 0 Å². The second-order valence-corrected chi connectivity index (χ2v) is 10.2. The number of halogens is 1. The Hall–Kier alpha value is -2.65. The zero-order valence-corrected chi connectivity index (χ0v) is 20.2. The van der Waals surface area contributed by atoms with Gasteiger partial charge in [-0.15, -0.1) is 10.2 Å². The van der Waals surface area contributed by atoms with Crippen molar-refractivity contribution in [1.82, 2.24) is 10.2 Å². The van der Waals surface area contributed by atoms with Crippen LogP contribution in [0.4, 0.5) is 11.5 Å². The third kappa shape index (κ3) is 5.21. The Labute approximate surface area is 197 Å². The van der Waals surface area contributed by atoms with Gasteiger partial charge in [0.1, 0.15) is 10.6 Å². The summed E-state index contributed by atoms with van der Waals surface area (Å²) in [6.07, 6.45) is 4.87. The van der Waals surface area contributed by atoms with Crippen molar-refractivity contribution in [2.45, 2.75) is 30.6 Å². The number of hydrogen-bond donors (Lipinski definition) is 1. The van der Waals surface area contributed by atoms with Crippen LogP contribution in [-0.4, -0.2) is 38.8 Å². The second-order valence-electron chi connectivity index (χ2n) is 7.66. The molecule has 3 aromatic rings. The minimum Gasteiger partial charge on any atom is -0.495 e. The standard InChI is InChI=1S/C23H25BrN4O3S/c1-31-21-11-9-18(24)16-22(21)32(29,30)27-19-8-6-7-17(15-19)20-10-12-23(26-25-20)28-13-4-2-3-5-14-28/h6-12,15-16,27H,2-5,13-14H2,1H3. The van der Waals surface area contributed by atoms with Crippen molar-refractivity contribution in [3.05, 3.63) is 59.1 Å². The van der Waals surface area contributed by atoms with Gasteiger partial charge < -0.3 is 9.64 Å². The van der Waals surface area contributed by atoms with Crippen LogP contribution in [0.15, 0.2) is 64.0 Å². The number of anilines is 2. The summed E-state index contributed by atoms with van der Waals surface area (Å²) in [5.41, 5.74) is 1.90. The first-order chi connectivity index (χ1) is 15.5. The van der Waals surface area contributed by atoms with E-state index in [9.17, 15) is 8.42 Å². The monoisotopic (exact) mass is 516 g/mol. The third-order valence-electron chi connectivity index (χ3n) is 5.41. The minimum absolute atomic E-state index is 0.0568. The molecule has 0 atom stereocenters. The van der Waals surface area contributed by atoms with Crippen LogP contribution in [0.1, 0.15) is 25.7 Å². The first kappa shape index (κ1) is 22.5. The summed E-state index contributed by atoms with van der Waals surface area (Å²) in [7, 11) is -2.41. The van der Waals surface area contributed by atoms with Gasteiger partial charge in [0, 0.05) is 28.8 Å². The number of rotatable bonds is 6. The van der Waals surface area contributed by atoms with Gasteiger partial charge in [0.2, 0.25) is 0 Å². The number of sulfonamides is 1. The van der Waals surface area contributed by atoms with Crippen molar-refractivity contribution >= 4 is 37.5 Å². The van der Waals surface area contributed by atoms with Gasteiger partial charge in [-0.25, -0.2) is 8.42 Å². The zero-order valence-electron chi connectivity index (χ0n) is 17.8. The van der Waals surface area contributed by atoms with E-state index in [-0.39, 0.29) is 10.6 Å². The van der Waals surface area contributed by atoms with E-state index in [1.807, 2.05) is 18.2 Å². The topological polar surface area (TPSA) is 84.4 Å². The molecule has 1 aromatic heterocycles. The van der Waals surface area contributed by atoms with Crippen LogP contribution in [0.25, 0.3) is 11.3 Å². The molecule has 0 unspecified atom stereocenters. The van der Waals surface area contributed by atoms with Gasteiger partial charge in [-0.1, -0.05) is 40.9 Å². The van der Waals surface area contributed by atoms with Crippen molar-refractivity contribution < 1.29 is 13.2 Å². The van der Waals surface area contributed by atoms with Gasteiger partial charge in [-0.2, -0.15) is 0 Å². The molecule has 2 heterocycles. The van der Waals surface area contributed by atoms with Gasteiger partial charge >= 0.3 is 0 Å². The summed E-state index contributed by atoms with van der Waals surface area (Å²) < 4.78 is 34.5. The molecular weight excluding hydrogens is 492 g/mol. The summed E-state index contributed by atoms with van der Waals surface area (Å²) in [6, 6.07) is 15.9. The number of methoxy groups -OCH3 is 1. The molecule has 0 aliphatic carbocycles. The van der Waals surface area contributed by atoms with Crippen molar-refractivity contribution in [3.63, 3.8) is 0 Å². The van der Waals surface area contributed by atoms with E-state index < -0.39 is 10.0 Å². The third-order valence-corrected chi connectivity index (χ3v) is 7.30. The summed E-state index contributed by atoms with van der Waals surface area (Å²) in [5.74, 6) is 1.15. The molecule has 2 aromatic carbocycles. The SMILES string of the molecule is COc1ccc(Br)cc1S(=O)(=O)Nc1cccc(-c2ccc(N3CCCCCC3)nn2)c1. The highest BCUT2D eigenvalue weighted by molar-refractivity contribution is 9.10. The summed E-state index contributed by atoms with van der Waals surface area (Å²) in [5, 5.41) is 8.81. The van der Waals surface area contributed by atoms with Crippen LogP contribution < -0.4 is 14.4 Å². The molecule has 168 valence electrons. The van der Waals surface area contributed by atoms with E-state index in [0.717, 1.165) is 24.5 Å². The first-order valence-electron chi connectivity index (χ1n) is 10.5. The van der Waals surface area contributed by atoms with E-state index >= 15 is 0 Å². The Morgan fingerprint density at radius 2 is 1.75 bits per heavy atom. The summed E-state index contributed by atoms with van der Waals surface area (Å²) in [4.78, 5) is 2.33. The van der Waals surface area contributed by atoms with Gasteiger partial charge in [0.05, 0.1) is 12.8 Å². The molecule has 32 heavy (non-hydrogen) atoms. The van der Waals surface area contributed by atoms with Gasteiger partial charge in [-0.3, -0.25) is 4.72 Å². The van der Waals surface area contributed by atoms with Crippen LogP contribution in [0.3, 0.4) is 0 Å². The molecule has 0 saturated carbocycles. The second kappa shape index (κ2) is 9.87. The molecular formula is C23H25BrN4O3S. The highest BCUT2D eigenvalue weighted by Gasteiger charge is 2.20. The maximum Gasteiger partial charge on any atom is 0.265 e. The molecule has 0 amide bonds. The Bertz CT molecular complexity index is 1180. The lowest BCUT2D eigenvalue weighted by Gasteiger charge is -2.20. The summed E-state index contributed by atoms with van der Waals surface area (Å²) >= 11 is 3.32. The lowest BCUT2D eigenvalue weighted by Crippen LogP contribution is -2.25. The van der Waals surface area contributed by atoms with Crippen LogP contribution in [0.5, 0.6) is 5.75 Å². The van der Waals surface area contributed by atoms with Crippen LogP contribution in [-0.2, 0) is 10.0 Å². The zero-order chi connectivity index (χ0) is 22.6. The van der Waals surface area contributed by atoms with Crippen molar-refractivity contribution in [2.24, 2.45) is 0 Å². The maximum atomic E-state index is 13.0. The van der Waals surface area contributed by atoms with E-state index in [4.69, 9.17) is 4.74 Å². The molecule has 1 aliphatic rings. The van der Waals surface area contributed by atoms with Crippen LogP contribution >= 0.6 is 15.9 Å². The minimum atomic E-state index is -3.85. The van der Waals surface area contributed by atoms with E-state index in [0.29, 0.717) is 15.9 Å². The average Bonchev–Trinajstić information content (AvgIpc) is 3.09. The number of nitrogens with zero attached hydrogens (tertiary/aromatic N) is 3. The summed E-state index contributed by atoms with van der Waals surface area (Å²) in [6.45, 7) is 2.01. The molecule has 1 fully saturated rings. The number of aromatic nitrogens is 2. The molecule has 0 bridgehead atoms. The van der Waals surface area contributed by atoms with E-state index in [1.165, 1.54) is 38.9 Å². The molecule has 1 saturated heterocycles. The normalized spacial score (nSPS) is 14.6. The number of nitrogens with one attached hydrogen (secondary N) is 1. The Kier molecular flexibility index (Phi) is 6.95. The Morgan fingerprint density at radius 3 is 2.44 bits per heavy atom. The highest BCUT2D eigenvalue weighted by Crippen LogP contribution is 2.30. The Balaban J connectivity index is 1.55. The maximum absolute atomic E-state index is 13.0. The van der Waals surface area contributed by atoms with Gasteiger partial charge in [-0.05, 0) is 55.3 Å². The number of ether oxygens (including phenoxy) is 1. The Morgan fingerprint density at radius 1 is 0.969 bits per heavy atom. The smallest absolute Gasteiger partial charge is 0.265 e. The molecule has 7 nitrogen and oxygen atoms in total. The van der Waals surface area contributed by atoms with Gasteiger partial charge in [0.15, 0.2) is 5.82 Å². The van der Waals surface area contributed by atoms with Crippen molar-refractivity contribution in [3.8, 4) is 17.0 Å². The fraction of sp³-hybridized carbons (Fsp3) is 0.304. The quantitative estimate of drug-likeness (QED) is 0.490. The lowest BCUT2D eigenvalue weighted by molar-refractivity contribution is 0.403. The fourth-order valence-corrected chi connectivity index (χ4v) is 5.52. The van der Waals surface area contributed by atoms with Gasteiger partial charge in [0.25, 0.3) is 10.0 Å². The molecule has 9 heteroatoms. The van der Waals surface area contributed by atoms with Crippen molar-refractivity contribution in [1.29, 1.82) is 0 Å². The van der Waals surface area contributed by atoms with E-state index in [2.05, 4.69) is 35.7 Å². The molecule has 1 N–H and O–H groups in total. The number of benzene rings is 2. The fourth-order valence-electron chi connectivity index (χ4n) is 3.76. The van der Waals surface area contributed by atoms with Crippen molar-refractivity contribution in [2.75, 3.05) is 29.8 Å². The first-order valence-corrected chi connectivity index (χ1v) is 12.8.